The summed E-state index contributed by atoms with van der Waals surface area (Å²) in [5.74, 6) is -1.68. The third-order valence-electron chi connectivity index (χ3n) is 5.63. The highest BCUT2D eigenvalue weighted by Crippen LogP contribution is 2.31. The van der Waals surface area contributed by atoms with Crippen LogP contribution < -0.4 is 10.2 Å². The third-order valence-corrected chi connectivity index (χ3v) is 5.92. The van der Waals surface area contributed by atoms with Crippen molar-refractivity contribution in [2.75, 3.05) is 13.7 Å². The molecule has 0 saturated heterocycles. The van der Waals surface area contributed by atoms with Crippen LogP contribution in [-0.4, -0.2) is 34.5 Å². The lowest BCUT2D eigenvalue weighted by atomic mass is 9.98. The van der Waals surface area contributed by atoms with Gasteiger partial charge in [0.2, 0.25) is 5.43 Å². The normalized spacial score (nSPS) is 13.2. The summed E-state index contributed by atoms with van der Waals surface area (Å²) < 4.78 is 21.6. The largest absolute Gasteiger partial charge is 0.496 e. The number of nitrogens with zero attached hydrogens (tertiary/aromatic N) is 1. The van der Waals surface area contributed by atoms with E-state index in [2.05, 4.69) is 0 Å². The first-order valence-electron chi connectivity index (χ1n) is 9.72. The maximum absolute atomic E-state index is 14.4. The van der Waals surface area contributed by atoms with Crippen molar-refractivity contribution in [3.8, 4) is 5.75 Å². The van der Waals surface area contributed by atoms with E-state index >= 15 is 0 Å². The molecule has 0 bridgehead atoms. The summed E-state index contributed by atoms with van der Waals surface area (Å²) in [5, 5.41) is 19.3. The third kappa shape index (κ3) is 4.29. The van der Waals surface area contributed by atoms with E-state index < -0.39 is 17.2 Å². The molecule has 0 aliphatic carbocycles. The summed E-state index contributed by atoms with van der Waals surface area (Å²) in [4.78, 5) is 24.6. The van der Waals surface area contributed by atoms with Crippen molar-refractivity contribution in [2.45, 2.75) is 26.3 Å². The number of hydrogen-bond donors (Lipinski definition) is 2. The molecule has 0 spiro atoms. The molecule has 8 heteroatoms. The van der Waals surface area contributed by atoms with Gasteiger partial charge in [-0.2, -0.15) is 0 Å². The minimum Gasteiger partial charge on any atom is -0.496 e. The number of benzene rings is 2. The molecule has 2 atom stereocenters. The Kier molecular flexibility index (Phi) is 6.67. The number of carboxylic acids is 1. The number of hydrogen-bond acceptors (Lipinski definition) is 4. The van der Waals surface area contributed by atoms with Gasteiger partial charge in [-0.05, 0) is 36.1 Å². The van der Waals surface area contributed by atoms with Gasteiger partial charge < -0.3 is 19.5 Å². The Labute approximate surface area is 183 Å². The number of methoxy groups -OCH3 is 1. The fourth-order valence-corrected chi connectivity index (χ4v) is 3.75. The Hall–Kier alpha value is -2.90. The average molecular weight is 448 g/mol. The van der Waals surface area contributed by atoms with E-state index in [0.717, 1.165) is 0 Å². The van der Waals surface area contributed by atoms with Crippen molar-refractivity contribution in [1.29, 1.82) is 0 Å². The number of carbonyl (C=O) groups is 1. The van der Waals surface area contributed by atoms with Crippen molar-refractivity contribution < 1.29 is 24.1 Å². The fraction of sp³-hybridized carbons (Fsp3) is 0.304. The van der Waals surface area contributed by atoms with E-state index in [4.69, 9.17) is 16.3 Å². The van der Waals surface area contributed by atoms with Gasteiger partial charge in [0.1, 0.15) is 17.1 Å². The predicted octanol–water partition coefficient (Wildman–Crippen LogP) is 4.28. The number of halogens is 2. The molecule has 0 saturated carbocycles. The Balaban J connectivity index is 2.30. The lowest BCUT2D eigenvalue weighted by Gasteiger charge is -2.24. The Morgan fingerprint density at radius 1 is 1.26 bits per heavy atom. The first kappa shape index (κ1) is 22.8. The SMILES string of the molecule is COc1cc2c(cc1Cc1cccc(Cl)c1F)c(=O)c(C(=O)O)cn2C(C)C(C)CO. The molecular formula is C23H23ClFNO5. The zero-order valence-corrected chi connectivity index (χ0v) is 18.1. The minimum atomic E-state index is -1.34. The number of aromatic carboxylic acids is 1. The summed E-state index contributed by atoms with van der Waals surface area (Å²) in [7, 11) is 1.47. The van der Waals surface area contributed by atoms with Crippen molar-refractivity contribution in [3.63, 3.8) is 0 Å². The van der Waals surface area contributed by atoms with Crippen LogP contribution in [0.2, 0.25) is 5.02 Å². The van der Waals surface area contributed by atoms with Crippen molar-refractivity contribution >= 4 is 28.5 Å². The molecule has 2 aromatic carbocycles. The van der Waals surface area contributed by atoms with Gasteiger partial charge in [0, 0.05) is 36.7 Å². The van der Waals surface area contributed by atoms with Gasteiger partial charge in [0.15, 0.2) is 0 Å². The maximum Gasteiger partial charge on any atom is 0.341 e. The van der Waals surface area contributed by atoms with Crippen molar-refractivity contribution in [1.82, 2.24) is 4.57 Å². The molecule has 3 aromatic rings. The highest BCUT2D eigenvalue weighted by Gasteiger charge is 2.22. The second kappa shape index (κ2) is 9.08. The molecule has 0 aliphatic heterocycles. The number of aromatic nitrogens is 1. The van der Waals surface area contributed by atoms with E-state index in [0.29, 0.717) is 22.4 Å². The number of carboxylic acid groups (broad SMARTS) is 1. The second-order valence-electron chi connectivity index (χ2n) is 7.56. The van der Waals surface area contributed by atoms with E-state index in [1.54, 1.807) is 22.8 Å². The van der Waals surface area contributed by atoms with Gasteiger partial charge in [0.25, 0.3) is 0 Å². The molecule has 6 nitrogen and oxygen atoms in total. The highest BCUT2D eigenvalue weighted by atomic mass is 35.5. The first-order valence-corrected chi connectivity index (χ1v) is 10.1. The first-order chi connectivity index (χ1) is 14.7. The monoisotopic (exact) mass is 447 g/mol. The fourth-order valence-electron chi connectivity index (χ4n) is 3.56. The van der Waals surface area contributed by atoms with Gasteiger partial charge in [-0.25, -0.2) is 9.18 Å². The molecule has 164 valence electrons. The lowest BCUT2D eigenvalue weighted by Crippen LogP contribution is -2.24. The van der Waals surface area contributed by atoms with Crippen LogP contribution in [0.5, 0.6) is 5.75 Å². The van der Waals surface area contributed by atoms with Crippen LogP contribution in [0.25, 0.3) is 10.9 Å². The van der Waals surface area contributed by atoms with Gasteiger partial charge in [0.05, 0.1) is 17.6 Å². The molecule has 1 heterocycles. The topological polar surface area (TPSA) is 88.8 Å². The lowest BCUT2D eigenvalue weighted by molar-refractivity contribution is 0.0694. The van der Waals surface area contributed by atoms with E-state index in [1.165, 1.54) is 25.4 Å². The van der Waals surface area contributed by atoms with Crippen molar-refractivity contribution in [2.24, 2.45) is 5.92 Å². The molecule has 2 unspecified atom stereocenters. The number of fused-ring (bicyclic) bond motifs is 1. The van der Waals surface area contributed by atoms with Gasteiger partial charge in [-0.1, -0.05) is 30.7 Å². The number of rotatable bonds is 7. The van der Waals surface area contributed by atoms with Crippen LogP contribution >= 0.6 is 11.6 Å². The van der Waals surface area contributed by atoms with E-state index in [9.17, 15) is 24.2 Å². The molecule has 0 fully saturated rings. The second-order valence-corrected chi connectivity index (χ2v) is 7.96. The minimum absolute atomic E-state index is 0.0143. The molecule has 3 rings (SSSR count). The van der Waals surface area contributed by atoms with Crippen molar-refractivity contribution in [3.05, 3.63) is 74.3 Å². The summed E-state index contributed by atoms with van der Waals surface area (Å²) in [6.07, 6.45) is 1.39. The molecule has 0 radical (unpaired) electrons. The van der Waals surface area contributed by atoms with E-state index in [1.807, 2.05) is 13.8 Å². The number of ether oxygens (including phenoxy) is 1. The Morgan fingerprint density at radius 2 is 1.97 bits per heavy atom. The molecule has 2 N–H and O–H groups in total. The van der Waals surface area contributed by atoms with Crippen LogP contribution in [0.4, 0.5) is 4.39 Å². The van der Waals surface area contributed by atoms with Crippen LogP contribution in [0.3, 0.4) is 0 Å². The van der Waals surface area contributed by atoms with Crippen LogP contribution in [0.15, 0.2) is 41.3 Å². The molecular weight excluding hydrogens is 425 g/mol. The highest BCUT2D eigenvalue weighted by molar-refractivity contribution is 6.30. The number of aliphatic hydroxyl groups is 1. The van der Waals surface area contributed by atoms with Gasteiger partial charge in [-0.3, -0.25) is 4.79 Å². The zero-order valence-electron chi connectivity index (χ0n) is 17.4. The average Bonchev–Trinajstić information content (AvgIpc) is 2.75. The maximum atomic E-state index is 14.4. The quantitative estimate of drug-likeness (QED) is 0.564. The van der Waals surface area contributed by atoms with Crippen LogP contribution in [-0.2, 0) is 6.42 Å². The zero-order chi connectivity index (χ0) is 22.9. The van der Waals surface area contributed by atoms with Gasteiger partial charge in [-0.15, -0.1) is 0 Å². The summed E-state index contributed by atoms with van der Waals surface area (Å²) in [5.41, 5.74) is 0.287. The standard InChI is InChI=1S/C23H23ClFNO5/c1-12(11-27)13(2)26-10-17(23(29)30)22(28)16-8-15(20(31-3)9-19(16)26)7-14-5-4-6-18(24)21(14)25/h4-6,8-10,12-13,27H,7,11H2,1-3H3,(H,29,30). The smallest absolute Gasteiger partial charge is 0.341 e. The summed E-state index contributed by atoms with van der Waals surface area (Å²) in [6.45, 7) is 3.54. The predicted molar refractivity (Wildman–Crippen MR) is 117 cm³/mol. The van der Waals surface area contributed by atoms with E-state index in [-0.39, 0.29) is 41.0 Å². The number of aliphatic hydroxyl groups excluding tert-OH is 1. The summed E-state index contributed by atoms with van der Waals surface area (Å²) in [6, 6.07) is 7.53. The van der Waals surface area contributed by atoms with Gasteiger partial charge >= 0.3 is 5.97 Å². The van der Waals surface area contributed by atoms with Crippen LogP contribution in [0, 0.1) is 11.7 Å². The molecule has 0 amide bonds. The molecule has 31 heavy (non-hydrogen) atoms. The number of pyridine rings is 1. The summed E-state index contributed by atoms with van der Waals surface area (Å²) >= 11 is 5.88. The molecule has 1 aromatic heterocycles. The Morgan fingerprint density at radius 3 is 2.58 bits per heavy atom. The Bertz CT molecular complexity index is 1210. The van der Waals surface area contributed by atoms with Crippen LogP contribution in [0.1, 0.15) is 41.4 Å². The molecule has 0 aliphatic rings.